The molecule has 0 saturated carbocycles. The van der Waals surface area contributed by atoms with Crippen LogP contribution in [0.2, 0.25) is 0 Å². The topological polar surface area (TPSA) is 32.3 Å². The van der Waals surface area contributed by atoms with Gasteiger partial charge >= 0.3 is 0 Å². The van der Waals surface area contributed by atoms with Crippen LogP contribution in [0, 0.1) is 0 Å². The molecular weight excluding hydrogens is 246 g/mol. The fraction of sp³-hybridized carbons (Fsp3) is 0.333. The summed E-state index contributed by atoms with van der Waals surface area (Å²) in [6, 6.07) is 18.7. The van der Waals surface area contributed by atoms with Gasteiger partial charge in [0.1, 0.15) is 0 Å². The molecule has 0 saturated heterocycles. The van der Waals surface area contributed by atoms with Gasteiger partial charge in [-0.25, -0.2) is 0 Å². The molecule has 0 radical (unpaired) electrons. The van der Waals surface area contributed by atoms with Crippen LogP contribution >= 0.6 is 0 Å². The Morgan fingerprint density at radius 1 is 0.900 bits per heavy atom. The Labute approximate surface area is 121 Å². The maximum absolute atomic E-state index is 9.57. The van der Waals surface area contributed by atoms with Crippen molar-refractivity contribution < 1.29 is 5.11 Å². The van der Waals surface area contributed by atoms with E-state index in [1.54, 1.807) is 0 Å². The van der Waals surface area contributed by atoms with E-state index in [4.69, 9.17) is 0 Å². The first kappa shape index (κ1) is 14.8. The maximum atomic E-state index is 9.57. The van der Waals surface area contributed by atoms with Crippen LogP contribution in [0.15, 0.2) is 54.6 Å². The Morgan fingerprint density at radius 3 is 2.05 bits per heavy atom. The Balaban J connectivity index is 2.01. The van der Waals surface area contributed by atoms with E-state index in [2.05, 4.69) is 55.6 Å². The molecule has 2 heteroatoms. The highest BCUT2D eigenvalue weighted by Crippen LogP contribution is 2.19. The first-order chi connectivity index (χ1) is 9.70. The molecule has 2 aromatic rings. The summed E-state index contributed by atoms with van der Waals surface area (Å²) in [7, 11) is 0. The van der Waals surface area contributed by atoms with Crippen molar-refractivity contribution in [2.75, 3.05) is 6.61 Å². The van der Waals surface area contributed by atoms with E-state index >= 15 is 0 Å². The average molecular weight is 269 g/mol. The van der Waals surface area contributed by atoms with Gasteiger partial charge in [0.2, 0.25) is 0 Å². The molecule has 2 nitrogen and oxygen atoms in total. The van der Waals surface area contributed by atoms with Gasteiger partial charge < -0.3 is 10.4 Å². The average Bonchev–Trinajstić information content (AvgIpc) is 2.49. The van der Waals surface area contributed by atoms with Crippen molar-refractivity contribution in [3.05, 3.63) is 71.3 Å². The van der Waals surface area contributed by atoms with Crippen molar-refractivity contribution >= 4 is 0 Å². The minimum Gasteiger partial charge on any atom is -0.394 e. The third-order valence-electron chi connectivity index (χ3n) is 3.58. The molecule has 2 rings (SSSR count). The summed E-state index contributed by atoms with van der Waals surface area (Å²) in [6.45, 7) is 5.24. The second-order valence-corrected chi connectivity index (χ2v) is 5.42. The van der Waals surface area contributed by atoms with Gasteiger partial charge in [0, 0.05) is 6.54 Å². The molecule has 2 aromatic carbocycles. The van der Waals surface area contributed by atoms with Crippen molar-refractivity contribution in [3.63, 3.8) is 0 Å². The zero-order chi connectivity index (χ0) is 14.4. The van der Waals surface area contributed by atoms with Crippen molar-refractivity contribution in [2.24, 2.45) is 0 Å². The Bertz CT molecular complexity index is 505. The van der Waals surface area contributed by atoms with E-state index in [9.17, 15) is 5.11 Å². The van der Waals surface area contributed by atoms with Crippen LogP contribution in [0.5, 0.6) is 0 Å². The summed E-state index contributed by atoms with van der Waals surface area (Å²) < 4.78 is 0. The van der Waals surface area contributed by atoms with Crippen LogP contribution in [0.25, 0.3) is 0 Å². The van der Waals surface area contributed by atoms with Gasteiger partial charge in [-0.2, -0.15) is 0 Å². The molecule has 0 aliphatic carbocycles. The minimum absolute atomic E-state index is 0.0172. The first-order valence-electron chi connectivity index (χ1n) is 7.18. The largest absolute Gasteiger partial charge is 0.394 e. The predicted octanol–water partition coefficient (Wildman–Crippen LogP) is 3.63. The maximum Gasteiger partial charge on any atom is 0.0626 e. The number of benzene rings is 2. The van der Waals surface area contributed by atoms with Crippen molar-refractivity contribution in [3.8, 4) is 0 Å². The number of rotatable bonds is 6. The zero-order valence-corrected chi connectivity index (χ0v) is 12.2. The fourth-order valence-corrected chi connectivity index (χ4v) is 2.24. The summed E-state index contributed by atoms with van der Waals surface area (Å²) in [5.41, 5.74) is 3.69. The van der Waals surface area contributed by atoms with Gasteiger partial charge in [-0.3, -0.25) is 0 Å². The van der Waals surface area contributed by atoms with Crippen molar-refractivity contribution in [2.45, 2.75) is 32.4 Å². The highest BCUT2D eigenvalue weighted by molar-refractivity contribution is 5.27. The molecule has 0 aromatic heterocycles. The highest BCUT2D eigenvalue weighted by Gasteiger charge is 2.10. The van der Waals surface area contributed by atoms with Gasteiger partial charge in [-0.15, -0.1) is 0 Å². The second-order valence-electron chi connectivity index (χ2n) is 5.42. The molecule has 106 valence electrons. The quantitative estimate of drug-likeness (QED) is 0.839. The van der Waals surface area contributed by atoms with Crippen LogP contribution < -0.4 is 5.32 Å². The molecular formula is C18H23NO. The summed E-state index contributed by atoms with van der Waals surface area (Å²) in [4.78, 5) is 0. The van der Waals surface area contributed by atoms with Crippen molar-refractivity contribution in [1.29, 1.82) is 0 Å². The number of hydrogen-bond acceptors (Lipinski definition) is 2. The third-order valence-corrected chi connectivity index (χ3v) is 3.58. The lowest BCUT2D eigenvalue weighted by Crippen LogP contribution is -2.23. The number of aliphatic hydroxyl groups excluding tert-OH is 1. The van der Waals surface area contributed by atoms with Gasteiger partial charge in [0.25, 0.3) is 0 Å². The molecule has 0 amide bonds. The number of aliphatic hydroxyl groups is 1. The molecule has 0 aliphatic heterocycles. The predicted molar refractivity (Wildman–Crippen MR) is 83.6 cm³/mol. The van der Waals surface area contributed by atoms with Crippen LogP contribution in [0.4, 0.5) is 0 Å². The highest BCUT2D eigenvalue weighted by atomic mass is 16.3. The van der Waals surface area contributed by atoms with Gasteiger partial charge in [0.15, 0.2) is 0 Å². The summed E-state index contributed by atoms with van der Waals surface area (Å²) in [6.07, 6.45) is 0. The molecule has 0 fully saturated rings. The van der Waals surface area contributed by atoms with E-state index < -0.39 is 0 Å². The van der Waals surface area contributed by atoms with E-state index in [0.717, 1.165) is 12.1 Å². The zero-order valence-electron chi connectivity index (χ0n) is 12.2. The van der Waals surface area contributed by atoms with Gasteiger partial charge in [-0.05, 0) is 22.6 Å². The monoisotopic (exact) mass is 269 g/mol. The van der Waals surface area contributed by atoms with Crippen LogP contribution in [0.3, 0.4) is 0 Å². The molecule has 0 aliphatic rings. The van der Waals surface area contributed by atoms with Crippen LogP contribution in [0.1, 0.15) is 42.5 Å². The smallest absolute Gasteiger partial charge is 0.0626 e. The van der Waals surface area contributed by atoms with Gasteiger partial charge in [0.05, 0.1) is 12.6 Å². The first-order valence-corrected chi connectivity index (χ1v) is 7.18. The molecule has 0 spiro atoms. The standard InChI is InChI=1S/C18H23NO/c1-14(2)16-8-10-17(11-9-16)18(13-20)19-12-15-6-4-3-5-7-15/h3-11,14,18-20H,12-13H2,1-2H3. The molecule has 20 heavy (non-hydrogen) atoms. The Hall–Kier alpha value is -1.64. The Kier molecular flexibility index (Phi) is 5.33. The normalized spacial score (nSPS) is 12.6. The summed E-state index contributed by atoms with van der Waals surface area (Å²) in [5, 5.41) is 13.0. The van der Waals surface area contributed by atoms with E-state index in [1.165, 1.54) is 11.1 Å². The van der Waals surface area contributed by atoms with Gasteiger partial charge in [-0.1, -0.05) is 68.4 Å². The van der Waals surface area contributed by atoms with E-state index in [-0.39, 0.29) is 12.6 Å². The van der Waals surface area contributed by atoms with Crippen molar-refractivity contribution in [1.82, 2.24) is 5.32 Å². The lowest BCUT2D eigenvalue weighted by Gasteiger charge is -2.17. The molecule has 0 bridgehead atoms. The van der Waals surface area contributed by atoms with E-state index in [0.29, 0.717) is 5.92 Å². The number of hydrogen-bond donors (Lipinski definition) is 2. The lowest BCUT2D eigenvalue weighted by atomic mass is 9.99. The second kappa shape index (κ2) is 7.22. The molecule has 2 N–H and O–H groups in total. The van der Waals surface area contributed by atoms with E-state index in [1.807, 2.05) is 18.2 Å². The SMILES string of the molecule is CC(C)c1ccc(C(CO)NCc2ccccc2)cc1. The molecule has 1 atom stereocenters. The van der Waals surface area contributed by atoms with Crippen LogP contribution in [-0.2, 0) is 6.54 Å². The van der Waals surface area contributed by atoms with Crippen LogP contribution in [-0.4, -0.2) is 11.7 Å². The summed E-state index contributed by atoms with van der Waals surface area (Å²) in [5.74, 6) is 0.536. The summed E-state index contributed by atoms with van der Waals surface area (Å²) >= 11 is 0. The lowest BCUT2D eigenvalue weighted by molar-refractivity contribution is 0.243. The third kappa shape index (κ3) is 3.92. The minimum atomic E-state index is -0.0172. The number of nitrogens with one attached hydrogen (secondary N) is 1. The molecule has 0 heterocycles. The Morgan fingerprint density at radius 2 is 1.50 bits per heavy atom. The fourth-order valence-electron chi connectivity index (χ4n) is 2.24. The molecule has 1 unspecified atom stereocenters.